The van der Waals surface area contributed by atoms with Crippen molar-refractivity contribution in [1.82, 2.24) is 0 Å². The van der Waals surface area contributed by atoms with Crippen LogP contribution in [0, 0.1) is 0 Å². The number of aliphatic imine (C=N–C) groups is 2. The Morgan fingerprint density at radius 3 is 2.80 bits per heavy atom. The zero-order chi connectivity index (χ0) is 10.7. The Bertz CT molecular complexity index is 317. The molecule has 4 heteroatoms. The van der Waals surface area contributed by atoms with E-state index in [1.165, 1.54) is 12.8 Å². The maximum atomic E-state index is 5.87. The maximum absolute atomic E-state index is 5.87. The van der Waals surface area contributed by atoms with Crippen LogP contribution >= 0.6 is 11.6 Å². The summed E-state index contributed by atoms with van der Waals surface area (Å²) < 4.78 is 5.87. The predicted molar refractivity (Wildman–Crippen MR) is 62.9 cm³/mol. The molecule has 1 saturated carbocycles. The van der Waals surface area contributed by atoms with Gasteiger partial charge in [0.2, 0.25) is 0 Å². The monoisotopic (exact) mass is 226 g/mol. The molecule has 0 amide bonds. The minimum Gasteiger partial charge on any atom is -0.364 e. The molecule has 0 radical (unpaired) electrons. The first-order valence-corrected chi connectivity index (χ1v) is 5.76. The van der Waals surface area contributed by atoms with E-state index in [0.29, 0.717) is 6.61 Å². The molecule has 1 aliphatic carbocycles. The zero-order valence-corrected chi connectivity index (χ0v) is 9.46. The molecule has 15 heavy (non-hydrogen) atoms. The van der Waals surface area contributed by atoms with E-state index in [-0.39, 0.29) is 11.6 Å². The smallest absolute Gasteiger partial charge is 0.113 e. The number of ether oxygens (including phenoxy) is 1. The summed E-state index contributed by atoms with van der Waals surface area (Å²) in [6, 6.07) is 0.279. The average molecular weight is 227 g/mol. The van der Waals surface area contributed by atoms with E-state index in [4.69, 9.17) is 16.3 Å². The van der Waals surface area contributed by atoms with E-state index >= 15 is 0 Å². The summed E-state index contributed by atoms with van der Waals surface area (Å²) in [5, 5.41) is 0. The van der Waals surface area contributed by atoms with Crippen molar-refractivity contribution < 1.29 is 4.74 Å². The van der Waals surface area contributed by atoms with Crippen molar-refractivity contribution in [3.8, 4) is 0 Å². The van der Waals surface area contributed by atoms with Gasteiger partial charge < -0.3 is 4.74 Å². The van der Waals surface area contributed by atoms with Crippen LogP contribution in [0.15, 0.2) is 21.3 Å². The molecule has 0 aromatic carbocycles. The molecule has 1 fully saturated rings. The third-order valence-electron chi connectivity index (χ3n) is 3.13. The number of hydrogen-bond donors (Lipinski definition) is 0. The van der Waals surface area contributed by atoms with Crippen LogP contribution in [-0.4, -0.2) is 31.1 Å². The van der Waals surface area contributed by atoms with Gasteiger partial charge in [0.25, 0.3) is 0 Å². The van der Waals surface area contributed by atoms with Gasteiger partial charge in [-0.25, -0.2) is 0 Å². The summed E-state index contributed by atoms with van der Waals surface area (Å²) in [7, 11) is 0. The molecule has 0 bridgehead atoms. The van der Waals surface area contributed by atoms with Crippen molar-refractivity contribution in [3.63, 3.8) is 0 Å². The van der Waals surface area contributed by atoms with Gasteiger partial charge in [-0.1, -0.05) is 12.8 Å². The molecular formula is C11H15ClN2O. The lowest BCUT2D eigenvalue weighted by Crippen LogP contribution is -2.26. The second-order valence-electron chi connectivity index (χ2n) is 3.95. The van der Waals surface area contributed by atoms with Crippen molar-refractivity contribution in [2.24, 2.45) is 9.98 Å². The molecule has 0 atom stereocenters. The van der Waals surface area contributed by atoms with Gasteiger partial charge in [0.05, 0.1) is 12.3 Å². The highest BCUT2D eigenvalue weighted by Crippen LogP contribution is 2.44. The molecule has 0 unspecified atom stereocenters. The summed E-state index contributed by atoms with van der Waals surface area (Å²) in [4.78, 5) is 8.15. The fraction of sp³-hybridized carbons (Fsp3) is 0.636. The highest BCUT2D eigenvalue weighted by atomic mass is 35.5. The van der Waals surface area contributed by atoms with Gasteiger partial charge in [-0.3, -0.25) is 9.98 Å². The van der Waals surface area contributed by atoms with Crippen molar-refractivity contribution >= 4 is 24.5 Å². The molecule has 0 saturated heterocycles. The lowest BCUT2D eigenvalue weighted by atomic mass is 9.97. The van der Waals surface area contributed by atoms with Crippen molar-refractivity contribution in [3.05, 3.63) is 11.3 Å². The molecule has 2 rings (SSSR count). The highest BCUT2D eigenvalue weighted by Gasteiger charge is 2.43. The lowest BCUT2D eigenvalue weighted by molar-refractivity contribution is 0.0233. The third-order valence-corrected chi connectivity index (χ3v) is 3.26. The van der Waals surface area contributed by atoms with Crippen LogP contribution in [0.2, 0.25) is 0 Å². The standard InChI is InChI=1S/C11H15ClN2O/c1-13-10-9(6-14-8-12)7-15-11(10)4-2-3-5-11/h6H,1-5,7-8H2. The van der Waals surface area contributed by atoms with Gasteiger partial charge in [-0.15, -0.1) is 11.6 Å². The molecule has 1 heterocycles. The normalized spacial score (nSPS) is 24.6. The average Bonchev–Trinajstić information content (AvgIpc) is 2.84. The van der Waals surface area contributed by atoms with Gasteiger partial charge in [-0.2, -0.15) is 0 Å². The van der Waals surface area contributed by atoms with Crippen molar-refractivity contribution in [2.45, 2.75) is 31.3 Å². The second kappa shape index (κ2) is 4.45. The van der Waals surface area contributed by atoms with Gasteiger partial charge >= 0.3 is 0 Å². The van der Waals surface area contributed by atoms with Gasteiger partial charge in [0.1, 0.15) is 11.6 Å². The number of alkyl halides is 1. The van der Waals surface area contributed by atoms with Crippen LogP contribution in [0.25, 0.3) is 0 Å². The van der Waals surface area contributed by atoms with Crippen LogP contribution in [0.3, 0.4) is 0 Å². The first-order valence-electron chi connectivity index (χ1n) is 5.22. The lowest BCUT2D eigenvalue weighted by Gasteiger charge is -2.23. The maximum Gasteiger partial charge on any atom is 0.113 e. The Morgan fingerprint density at radius 1 is 1.47 bits per heavy atom. The van der Waals surface area contributed by atoms with E-state index in [1.54, 1.807) is 6.21 Å². The van der Waals surface area contributed by atoms with Crippen molar-refractivity contribution in [2.75, 3.05) is 12.6 Å². The molecular weight excluding hydrogens is 212 g/mol. The topological polar surface area (TPSA) is 34.0 Å². The summed E-state index contributed by atoms with van der Waals surface area (Å²) in [6.45, 7) is 4.23. The minimum atomic E-state index is -0.157. The number of nitrogens with zero attached hydrogens (tertiary/aromatic N) is 2. The fourth-order valence-corrected chi connectivity index (χ4v) is 2.53. The molecule has 0 aromatic heterocycles. The minimum absolute atomic E-state index is 0.157. The number of hydrogen-bond acceptors (Lipinski definition) is 3. The van der Waals surface area contributed by atoms with Crippen LogP contribution in [0.5, 0.6) is 0 Å². The summed E-state index contributed by atoms with van der Waals surface area (Å²) >= 11 is 5.51. The summed E-state index contributed by atoms with van der Waals surface area (Å²) in [5.41, 5.74) is 1.86. The van der Waals surface area contributed by atoms with E-state index in [0.717, 1.165) is 24.1 Å². The van der Waals surface area contributed by atoms with Gasteiger partial charge in [0, 0.05) is 11.8 Å². The van der Waals surface area contributed by atoms with E-state index in [1.807, 2.05) is 0 Å². The Morgan fingerprint density at radius 2 is 2.20 bits per heavy atom. The number of rotatable bonds is 3. The fourth-order valence-electron chi connectivity index (χ4n) is 2.46. The Hall–Kier alpha value is -0.670. The number of halogens is 1. The van der Waals surface area contributed by atoms with Crippen molar-refractivity contribution in [1.29, 1.82) is 0 Å². The molecule has 0 aromatic rings. The molecule has 1 aliphatic heterocycles. The Labute approximate surface area is 94.9 Å². The van der Waals surface area contributed by atoms with E-state index in [2.05, 4.69) is 16.7 Å². The summed E-state index contributed by atoms with van der Waals surface area (Å²) in [5.74, 6) is 0. The summed E-state index contributed by atoms with van der Waals surface area (Å²) in [6.07, 6.45) is 6.29. The first-order chi connectivity index (χ1) is 7.32. The van der Waals surface area contributed by atoms with Crippen LogP contribution in [0.1, 0.15) is 25.7 Å². The highest BCUT2D eigenvalue weighted by molar-refractivity contribution is 6.18. The van der Waals surface area contributed by atoms with Crippen LogP contribution in [0.4, 0.5) is 0 Å². The largest absolute Gasteiger partial charge is 0.364 e. The van der Waals surface area contributed by atoms with Gasteiger partial charge in [-0.05, 0) is 19.6 Å². The second-order valence-corrected chi connectivity index (χ2v) is 4.19. The first kappa shape index (κ1) is 10.8. The van der Waals surface area contributed by atoms with E-state index < -0.39 is 0 Å². The predicted octanol–water partition coefficient (Wildman–Crippen LogP) is 2.55. The molecule has 2 aliphatic rings. The van der Waals surface area contributed by atoms with Crippen LogP contribution in [-0.2, 0) is 4.74 Å². The molecule has 1 spiro atoms. The third kappa shape index (κ3) is 1.86. The van der Waals surface area contributed by atoms with Crippen LogP contribution < -0.4 is 0 Å². The Kier molecular flexibility index (Phi) is 3.22. The Balaban J connectivity index is 2.27. The quantitative estimate of drug-likeness (QED) is 0.414. The van der Waals surface area contributed by atoms with E-state index in [9.17, 15) is 0 Å². The SMILES string of the molecule is C=NC1=C(C=NCCl)COC12CCCC2. The van der Waals surface area contributed by atoms with Gasteiger partial charge in [0.15, 0.2) is 0 Å². The molecule has 0 N–H and O–H groups in total. The molecule has 3 nitrogen and oxygen atoms in total. The molecule has 82 valence electrons. The zero-order valence-electron chi connectivity index (χ0n) is 8.71.